The minimum atomic E-state index is 0.848. The third kappa shape index (κ3) is 2.80. The number of hydrogen-bond acceptors (Lipinski definition) is 3. The summed E-state index contributed by atoms with van der Waals surface area (Å²) in [7, 11) is 0. The van der Waals surface area contributed by atoms with Crippen molar-refractivity contribution in [2.45, 2.75) is 25.8 Å². The van der Waals surface area contributed by atoms with Gasteiger partial charge in [-0.05, 0) is 50.2 Å². The normalized spacial score (nSPS) is 15.8. The van der Waals surface area contributed by atoms with Gasteiger partial charge < -0.3 is 13.9 Å². The zero-order chi connectivity index (χ0) is 17.3. The molecule has 0 bridgehead atoms. The van der Waals surface area contributed by atoms with E-state index in [2.05, 4.69) is 39.8 Å². The van der Waals surface area contributed by atoms with Crippen LogP contribution in [0.2, 0.25) is 0 Å². The molecule has 2 aromatic heterocycles. The van der Waals surface area contributed by atoms with Gasteiger partial charge in [0.1, 0.15) is 5.58 Å². The third-order valence-corrected chi connectivity index (χ3v) is 5.39. The molecule has 3 heterocycles. The van der Waals surface area contributed by atoms with Crippen LogP contribution in [0.25, 0.3) is 33.6 Å². The molecule has 1 aliphatic rings. The molecule has 2 aromatic carbocycles. The van der Waals surface area contributed by atoms with Crippen molar-refractivity contribution in [2.24, 2.45) is 0 Å². The zero-order valence-corrected chi connectivity index (χ0v) is 14.9. The summed E-state index contributed by atoms with van der Waals surface area (Å²) in [6.07, 6.45) is 4.01. The second-order valence-corrected chi connectivity index (χ2v) is 7.13. The molecule has 5 rings (SSSR count). The Morgan fingerprint density at radius 3 is 2.58 bits per heavy atom. The Balaban J connectivity index is 1.55. The molecule has 132 valence electrons. The summed E-state index contributed by atoms with van der Waals surface area (Å²) in [5.74, 6) is 1.78. The van der Waals surface area contributed by atoms with E-state index in [4.69, 9.17) is 9.40 Å². The number of rotatable bonds is 4. The molecule has 0 saturated carbocycles. The Morgan fingerprint density at radius 2 is 1.69 bits per heavy atom. The lowest BCUT2D eigenvalue weighted by Crippen LogP contribution is -2.32. The molecule has 0 atom stereocenters. The number of fused-ring (bicyclic) bond motifs is 2. The monoisotopic (exact) mass is 345 g/mol. The lowest BCUT2D eigenvalue weighted by molar-refractivity contribution is 0.222. The van der Waals surface area contributed by atoms with Crippen molar-refractivity contribution in [1.82, 2.24) is 14.5 Å². The lowest BCUT2D eigenvalue weighted by Gasteiger charge is -2.26. The van der Waals surface area contributed by atoms with Gasteiger partial charge in [-0.25, -0.2) is 4.98 Å². The SMILES string of the molecule is c1ccc2oc(-c3nc4ccccc4n3CCN3CCCCC3)cc2c1. The van der Waals surface area contributed by atoms with Crippen LogP contribution in [0.5, 0.6) is 0 Å². The van der Waals surface area contributed by atoms with Crippen LogP contribution >= 0.6 is 0 Å². The number of likely N-dealkylation sites (tertiary alicyclic amines) is 1. The Bertz CT molecular complexity index is 1010. The minimum absolute atomic E-state index is 0.848. The van der Waals surface area contributed by atoms with Gasteiger partial charge in [-0.15, -0.1) is 0 Å². The average molecular weight is 345 g/mol. The highest BCUT2D eigenvalue weighted by Crippen LogP contribution is 2.30. The maximum Gasteiger partial charge on any atom is 0.177 e. The predicted molar refractivity (Wildman–Crippen MR) is 105 cm³/mol. The number of furan rings is 1. The summed E-state index contributed by atoms with van der Waals surface area (Å²) in [4.78, 5) is 7.46. The largest absolute Gasteiger partial charge is 0.453 e. The van der Waals surface area contributed by atoms with Crippen LogP contribution in [-0.4, -0.2) is 34.1 Å². The molecular formula is C22H23N3O. The number of imidazole rings is 1. The first-order valence-corrected chi connectivity index (χ1v) is 9.55. The number of hydrogen-bond donors (Lipinski definition) is 0. The van der Waals surface area contributed by atoms with Gasteiger partial charge in [-0.2, -0.15) is 0 Å². The van der Waals surface area contributed by atoms with Gasteiger partial charge in [0.05, 0.1) is 11.0 Å². The van der Waals surface area contributed by atoms with Crippen LogP contribution in [0.15, 0.2) is 59.0 Å². The molecule has 0 aliphatic carbocycles. The fourth-order valence-electron chi connectivity index (χ4n) is 4.01. The smallest absolute Gasteiger partial charge is 0.177 e. The van der Waals surface area contributed by atoms with E-state index >= 15 is 0 Å². The first kappa shape index (κ1) is 15.6. The van der Waals surface area contributed by atoms with Gasteiger partial charge >= 0.3 is 0 Å². The predicted octanol–water partition coefficient (Wildman–Crippen LogP) is 4.94. The van der Waals surface area contributed by atoms with Crippen molar-refractivity contribution >= 4 is 22.0 Å². The van der Waals surface area contributed by atoms with Gasteiger partial charge in [0.2, 0.25) is 0 Å². The van der Waals surface area contributed by atoms with Crippen LogP contribution in [0, 0.1) is 0 Å². The van der Waals surface area contributed by atoms with Crippen molar-refractivity contribution in [3.63, 3.8) is 0 Å². The number of piperidine rings is 1. The molecule has 4 heteroatoms. The molecule has 4 nitrogen and oxygen atoms in total. The van der Waals surface area contributed by atoms with Crippen molar-refractivity contribution < 1.29 is 4.42 Å². The van der Waals surface area contributed by atoms with Gasteiger partial charge in [0.25, 0.3) is 0 Å². The summed E-state index contributed by atoms with van der Waals surface area (Å²) in [5, 5.41) is 1.12. The van der Waals surface area contributed by atoms with Gasteiger partial charge in [0, 0.05) is 18.5 Å². The molecule has 26 heavy (non-hydrogen) atoms. The summed E-state index contributed by atoms with van der Waals surface area (Å²) >= 11 is 0. The van der Waals surface area contributed by atoms with E-state index in [0.29, 0.717) is 0 Å². The highest BCUT2D eigenvalue weighted by molar-refractivity contribution is 5.85. The van der Waals surface area contributed by atoms with Gasteiger partial charge in [-0.3, -0.25) is 0 Å². The van der Waals surface area contributed by atoms with E-state index in [9.17, 15) is 0 Å². The molecule has 0 N–H and O–H groups in total. The van der Waals surface area contributed by atoms with Crippen LogP contribution in [0.1, 0.15) is 19.3 Å². The van der Waals surface area contributed by atoms with E-state index in [0.717, 1.165) is 41.2 Å². The topological polar surface area (TPSA) is 34.2 Å². The fraction of sp³-hybridized carbons (Fsp3) is 0.318. The average Bonchev–Trinajstić information content (AvgIpc) is 3.28. The summed E-state index contributed by atoms with van der Waals surface area (Å²) in [5.41, 5.74) is 3.12. The number of benzene rings is 2. The summed E-state index contributed by atoms with van der Waals surface area (Å²) in [6, 6.07) is 18.6. The molecule has 0 spiro atoms. The van der Waals surface area contributed by atoms with E-state index in [1.807, 2.05) is 24.3 Å². The highest BCUT2D eigenvalue weighted by Gasteiger charge is 2.17. The zero-order valence-electron chi connectivity index (χ0n) is 14.9. The first-order chi connectivity index (χ1) is 12.9. The van der Waals surface area contributed by atoms with Crippen molar-refractivity contribution in [1.29, 1.82) is 0 Å². The Morgan fingerprint density at radius 1 is 0.885 bits per heavy atom. The fourth-order valence-corrected chi connectivity index (χ4v) is 4.01. The second-order valence-electron chi connectivity index (χ2n) is 7.13. The molecular weight excluding hydrogens is 322 g/mol. The quantitative estimate of drug-likeness (QED) is 0.526. The Kier molecular flexibility index (Phi) is 3.98. The summed E-state index contributed by atoms with van der Waals surface area (Å²) in [6.45, 7) is 4.43. The van der Waals surface area contributed by atoms with Gasteiger partial charge in [-0.1, -0.05) is 36.8 Å². The van der Waals surface area contributed by atoms with Crippen molar-refractivity contribution in [2.75, 3.05) is 19.6 Å². The molecule has 0 unspecified atom stereocenters. The van der Waals surface area contributed by atoms with Crippen molar-refractivity contribution in [3.8, 4) is 11.6 Å². The first-order valence-electron chi connectivity index (χ1n) is 9.55. The van der Waals surface area contributed by atoms with Crippen LogP contribution in [-0.2, 0) is 6.54 Å². The Hall–Kier alpha value is -2.59. The van der Waals surface area contributed by atoms with Crippen LogP contribution in [0.4, 0.5) is 0 Å². The lowest BCUT2D eigenvalue weighted by atomic mass is 10.1. The molecule has 4 aromatic rings. The molecule has 0 amide bonds. The maximum atomic E-state index is 6.12. The second kappa shape index (κ2) is 6.61. The molecule has 0 radical (unpaired) electrons. The Labute approximate surface area is 153 Å². The van der Waals surface area contributed by atoms with E-state index < -0.39 is 0 Å². The summed E-state index contributed by atoms with van der Waals surface area (Å²) < 4.78 is 8.44. The number of para-hydroxylation sites is 3. The highest BCUT2D eigenvalue weighted by atomic mass is 16.3. The van der Waals surface area contributed by atoms with Gasteiger partial charge in [0.15, 0.2) is 11.6 Å². The van der Waals surface area contributed by atoms with Crippen molar-refractivity contribution in [3.05, 3.63) is 54.6 Å². The van der Waals surface area contributed by atoms with E-state index in [1.165, 1.54) is 37.9 Å². The van der Waals surface area contributed by atoms with E-state index in [1.54, 1.807) is 0 Å². The minimum Gasteiger partial charge on any atom is -0.453 e. The standard InChI is InChI=1S/C22H23N3O/c1-6-12-24(13-7-1)14-15-25-19-10-4-3-9-18(19)23-22(25)21-16-17-8-2-5-11-20(17)26-21/h2-5,8-11,16H,1,6-7,12-15H2. The van der Waals surface area contributed by atoms with Crippen LogP contribution in [0.3, 0.4) is 0 Å². The number of nitrogens with zero attached hydrogens (tertiary/aromatic N) is 3. The molecule has 1 saturated heterocycles. The van der Waals surface area contributed by atoms with E-state index in [-0.39, 0.29) is 0 Å². The van der Waals surface area contributed by atoms with Crippen LogP contribution < -0.4 is 0 Å². The number of aromatic nitrogens is 2. The maximum absolute atomic E-state index is 6.12. The molecule has 1 aliphatic heterocycles. The third-order valence-electron chi connectivity index (χ3n) is 5.39. The molecule has 1 fully saturated rings.